The molecule has 0 rings (SSSR count). The van der Waals surface area contributed by atoms with Crippen molar-refractivity contribution >= 4 is 0 Å². The van der Waals surface area contributed by atoms with E-state index in [0.29, 0.717) is 0 Å². The third-order valence-corrected chi connectivity index (χ3v) is 0.309. The van der Waals surface area contributed by atoms with E-state index in [9.17, 15) is 0 Å². The van der Waals surface area contributed by atoms with Crippen LogP contribution in [0.1, 0.15) is 0 Å². The lowest BCUT2D eigenvalue weighted by Gasteiger charge is -1.73. The van der Waals surface area contributed by atoms with E-state index < -0.39 is 0 Å². The van der Waals surface area contributed by atoms with Crippen molar-refractivity contribution in [2.24, 2.45) is 11.5 Å². The molecule has 42 valence electrons. The Morgan fingerprint density at radius 1 is 1.62 bits per heavy atom. The van der Waals surface area contributed by atoms with Crippen molar-refractivity contribution in [3.63, 3.8) is 0 Å². The van der Waals surface area contributed by atoms with Crippen LogP contribution in [0.25, 0.3) is 0 Å². The van der Waals surface area contributed by atoms with E-state index in [2.05, 4.69) is 6.57 Å². The van der Waals surface area contributed by atoms with Crippen LogP contribution in [-0.2, 0) is 0 Å². The fourth-order valence-electron chi connectivity index (χ4n) is 0.0373. The molecular weight excluding hydrogens is 104 g/mol. The molecule has 0 fully saturated rings. The first-order chi connectivity index (χ1) is 3.81. The lowest BCUT2D eigenvalue weighted by Crippen LogP contribution is -1.95. The molecule has 4 nitrogen and oxygen atoms in total. The minimum absolute atomic E-state index is 0.0509. The Labute approximate surface area is 47.6 Å². The molecule has 0 saturated carbocycles. The van der Waals surface area contributed by atoms with Crippen LogP contribution in [0.15, 0.2) is 11.9 Å². The number of hydrogen-bond donors (Lipinski definition) is 2. The van der Waals surface area contributed by atoms with Gasteiger partial charge in [0.05, 0.1) is 0 Å². The van der Waals surface area contributed by atoms with Crippen molar-refractivity contribution in [3.8, 4) is 12.6 Å². The van der Waals surface area contributed by atoms with Crippen molar-refractivity contribution < 1.29 is 0 Å². The van der Waals surface area contributed by atoms with Crippen LogP contribution in [0.2, 0.25) is 0 Å². The standard InChI is InChI=1S/C3H5N3.CHN/c4-1-3(6)2-5;1-2/h1H,4,6H2;1H/b3-1-;. The van der Waals surface area contributed by atoms with Crippen LogP contribution in [-0.4, -0.2) is 0 Å². The maximum absolute atomic E-state index is 7.81. The highest BCUT2D eigenvalue weighted by Crippen LogP contribution is 1.66. The monoisotopic (exact) mass is 110 g/mol. The number of hydrogen-bond acceptors (Lipinski definition) is 4. The van der Waals surface area contributed by atoms with Crippen molar-refractivity contribution in [1.29, 1.82) is 10.5 Å². The van der Waals surface area contributed by atoms with Gasteiger partial charge < -0.3 is 11.5 Å². The first-order valence-electron chi connectivity index (χ1n) is 1.64. The Kier molecular flexibility index (Phi) is 10.8. The summed E-state index contributed by atoms with van der Waals surface area (Å²) in [7, 11) is 0. The normalized spacial score (nSPS) is 7.88. The summed E-state index contributed by atoms with van der Waals surface area (Å²) in [6.45, 7) is 3.50. The SMILES string of the molecule is C#N.N#C/C(N)=C/N. The van der Waals surface area contributed by atoms with Crippen LogP contribution < -0.4 is 11.5 Å². The fourth-order valence-corrected chi connectivity index (χ4v) is 0.0373. The molecule has 0 aromatic carbocycles. The van der Waals surface area contributed by atoms with Gasteiger partial charge in [-0.3, -0.25) is 0 Å². The topological polar surface area (TPSA) is 99.6 Å². The van der Waals surface area contributed by atoms with Gasteiger partial charge in [0.1, 0.15) is 11.8 Å². The molecule has 0 aromatic rings. The van der Waals surface area contributed by atoms with Crippen LogP contribution >= 0.6 is 0 Å². The van der Waals surface area contributed by atoms with E-state index in [-0.39, 0.29) is 5.70 Å². The zero-order chi connectivity index (χ0) is 6.99. The maximum Gasteiger partial charge on any atom is 0.126 e. The highest BCUT2D eigenvalue weighted by molar-refractivity contribution is 5.13. The van der Waals surface area contributed by atoms with Crippen molar-refractivity contribution in [2.75, 3.05) is 0 Å². The predicted octanol–water partition coefficient (Wildman–Crippen LogP) is -0.591. The van der Waals surface area contributed by atoms with Crippen LogP contribution in [0.5, 0.6) is 0 Å². The first kappa shape index (κ1) is 9.58. The summed E-state index contributed by atoms with van der Waals surface area (Å²) in [5.41, 5.74) is 9.67. The van der Waals surface area contributed by atoms with Crippen LogP contribution in [0.3, 0.4) is 0 Å². The lowest BCUT2D eigenvalue weighted by molar-refractivity contribution is 1.35. The van der Waals surface area contributed by atoms with E-state index in [1.54, 1.807) is 6.07 Å². The maximum atomic E-state index is 7.81. The third kappa shape index (κ3) is 8.85. The second-order valence-corrected chi connectivity index (χ2v) is 0.734. The molecule has 0 atom stereocenters. The van der Waals surface area contributed by atoms with E-state index in [0.717, 1.165) is 6.20 Å². The molecule has 0 aliphatic heterocycles. The molecule has 0 aromatic heterocycles. The van der Waals surface area contributed by atoms with E-state index >= 15 is 0 Å². The molecule has 0 radical (unpaired) electrons. The smallest absolute Gasteiger partial charge is 0.126 e. The molecule has 8 heavy (non-hydrogen) atoms. The molecule has 0 aliphatic carbocycles. The quantitative estimate of drug-likeness (QED) is 0.407. The van der Waals surface area contributed by atoms with Gasteiger partial charge in [-0.2, -0.15) is 5.26 Å². The number of nitrogens with two attached hydrogens (primary N) is 2. The minimum atomic E-state index is 0.0509. The Bertz CT molecular complexity index is 127. The van der Waals surface area contributed by atoms with Gasteiger partial charge in [0.2, 0.25) is 0 Å². The van der Waals surface area contributed by atoms with Gasteiger partial charge in [-0.15, -0.1) is 0 Å². The largest absolute Gasteiger partial charge is 0.402 e. The molecular formula is C4H6N4. The van der Waals surface area contributed by atoms with Gasteiger partial charge in [-0.05, 0) is 0 Å². The van der Waals surface area contributed by atoms with Crippen molar-refractivity contribution in [3.05, 3.63) is 11.9 Å². The molecule has 0 heterocycles. The second kappa shape index (κ2) is 9.01. The molecule has 4 N–H and O–H groups in total. The Morgan fingerprint density at radius 2 is 2.00 bits per heavy atom. The third-order valence-electron chi connectivity index (χ3n) is 0.309. The Morgan fingerprint density at radius 3 is 2.00 bits per heavy atom. The highest BCUT2D eigenvalue weighted by Gasteiger charge is 1.72. The van der Waals surface area contributed by atoms with Crippen molar-refractivity contribution in [1.82, 2.24) is 0 Å². The molecule has 0 amide bonds. The van der Waals surface area contributed by atoms with Crippen molar-refractivity contribution in [2.45, 2.75) is 0 Å². The summed E-state index contributed by atoms with van der Waals surface area (Å²) in [5.74, 6) is 0. The minimum Gasteiger partial charge on any atom is -0.402 e. The van der Waals surface area contributed by atoms with Gasteiger partial charge in [-0.25, -0.2) is 5.26 Å². The summed E-state index contributed by atoms with van der Waals surface area (Å²) >= 11 is 0. The summed E-state index contributed by atoms with van der Waals surface area (Å²) < 4.78 is 0. The second-order valence-electron chi connectivity index (χ2n) is 0.734. The molecule has 0 unspecified atom stereocenters. The van der Waals surface area contributed by atoms with E-state index in [4.69, 9.17) is 22.0 Å². The van der Waals surface area contributed by atoms with Gasteiger partial charge in [0, 0.05) is 12.8 Å². The molecule has 0 bridgehead atoms. The van der Waals surface area contributed by atoms with E-state index in [1.807, 2.05) is 0 Å². The summed E-state index contributed by atoms with van der Waals surface area (Å²) in [6, 6.07) is 1.63. The number of nitrogens with zero attached hydrogens (tertiary/aromatic N) is 2. The average molecular weight is 110 g/mol. The zero-order valence-corrected chi connectivity index (χ0v) is 4.20. The summed E-state index contributed by atoms with van der Waals surface area (Å²) in [5, 5.41) is 14.3. The summed E-state index contributed by atoms with van der Waals surface area (Å²) in [6.07, 6.45) is 1.06. The number of allylic oxidation sites excluding steroid dienone is 1. The molecule has 0 spiro atoms. The fraction of sp³-hybridized carbons (Fsp3) is 0. The predicted molar refractivity (Wildman–Crippen MR) is 28.7 cm³/mol. The Hall–Kier alpha value is -1.68. The van der Waals surface area contributed by atoms with Crippen LogP contribution in [0, 0.1) is 23.2 Å². The number of nitriles is 2. The zero-order valence-electron chi connectivity index (χ0n) is 4.20. The highest BCUT2D eigenvalue weighted by atomic mass is 14.6. The summed E-state index contributed by atoms with van der Waals surface area (Å²) in [4.78, 5) is 0. The van der Waals surface area contributed by atoms with Gasteiger partial charge in [0.25, 0.3) is 0 Å². The van der Waals surface area contributed by atoms with Gasteiger partial charge in [0.15, 0.2) is 0 Å². The van der Waals surface area contributed by atoms with E-state index in [1.165, 1.54) is 0 Å². The van der Waals surface area contributed by atoms with Crippen LogP contribution in [0.4, 0.5) is 0 Å². The average Bonchev–Trinajstić information content (AvgIpc) is 1.91. The molecule has 0 aliphatic rings. The first-order valence-corrected chi connectivity index (χ1v) is 1.64. The van der Waals surface area contributed by atoms with Gasteiger partial charge >= 0.3 is 0 Å². The number of rotatable bonds is 0. The van der Waals surface area contributed by atoms with Gasteiger partial charge in [-0.1, -0.05) is 0 Å². The lowest BCUT2D eigenvalue weighted by atomic mass is 10.6. The Balaban J connectivity index is 0. The molecule has 4 heteroatoms. The molecule has 0 saturated heterocycles.